The number of hydrogen-bond donors (Lipinski definition) is 2. The van der Waals surface area contributed by atoms with Crippen molar-refractivity contribution in [3.05, 3.63) is 29.8 Å². The highest BCUT2D eigenvalue weighted by molar-refractivity contribution is 5.96. The first-order valence-corrected chi connectivity index (χ1v) is 7.00. The second-order valence-corrected chi connectivity index (χ2v) is 5.18. The Labute approximate surface area is 123 Å². The number of urea groups is 1. The zero-order valence-corrected chi connectivity index (χ0v) is 12.0. The van der Waals surface area contributed by atoms with Crippen LogP contribution in [-0.4, -0.2) is 42.9 Å². The SMILES string of the molecule is Cc1ccc(N(CC(=O)O)C(=O)NC2CCCOC2)cc1. The molecular weight excluding hydrogens is 272 g/mol. The van der Waals surface area contributed by atoms with Crippen LogP contribution in [0.4, 0.5) is 10.5 Å². The van der Waals surface area contributed by atoms with Crippen molar-refractivity contribution in [1.29, 1.82) is 0 Å². The summed E-state index contributed by atoms with van der Waals surface area (Å²) in [7, 11) is 0. The van der Waals surface area contributed by atoms with Crippen molar-refractivity contribution in [2.45, 2.75) is 25.8 Å². The molecule has 2 amide bonds. The molecule has 0 spiro atoms. The Morgan fingerprint density at radius 1 is 1.38 bits per heavy atom. The highest BCUT2D eigenvalue weighted by Crippen LogP contribution is 2.16. The van der Waals surface area contributed by atoms with Crippen LogP contribution in [-0.2, 0) is 9.53 Å². The summed E-state index contributed by atoms with van der Waals surface area (Å²) in [5, 5.41) is 11.8. The van der Waals surface area contributed by atoms with Crippen LogP contribution in [0, 0.1) is 6.92 Å². The van der Waals surface area contributed by atoms with E-state index in [0.29, 0.717) is 18.9 Å². The molecule has 1 aromatic rings. The molecule has 0 saturated carbocycles. The summed E-state index contributed by atoms with van der Waals surface area (Å²) in [4.78, 5) is 24.6. The zero-order chi connectivity index (χ0) is 15.2. The lowest BCUT2D eigenvalue weighted by molar-refractivity contribution is -0.135. The molecule has 2 N–H and O–H groups in total. The number of nitrogens with one attached hydrogen (secondary N) is 1. The van der Waals surface area contributed by atoms with Crippen molar-refractivity contribution in [2.75, 3.05) is 24.7 Å². The van der Waals surface area contributed by atoms with E-state index in [1.165, 1.54) is 4.90 Å². The molecule has 1 heterocycles. The average molecular weight is 292 g/mol. The predicted molar refractivity (Wildman–Crippen MR) is 78.5 cm³/mol. The van der Waals surface area contributed by atoms with Gasteiger partial charge < -0.3 is 15.2 Å². The molecular formula is C15H20N2O4. The summed E-state index contributed by atoms with van der Waals surface area (Å²) in [5.41, 5.74) is 1.62. The maximum absolute atomic E-state index is 12.3. The van der Waals surface area contributed by atoms with Gasteiger partial charge in [-0.05, 0) is 31.9 Å². The van der Waals surface area contributed by atoms with E-state index in [0.717, 1.165) is 18.4 Å². The van der Waals surface area contributed by atoms with E-state index in [1.54, 1.807) is 12.1 Å². The monoisotopic (exact) mass is 292 g/mol. The lowest BCUT2D eigenvalue weighted by Crippen LogP contribution is -2.49. The van der Waals surface area contributed by atoms with E-state index in [2.05, 4.69) is 5.32 Å². The number of carbonyl (C=O) groups is 2. The Kier molecular flexibility index (Phi) is 5.16. The molecule has 0 bridgehead atoms. The smallest absolute Gasteiger partial charge is 0.323 e. The van der Waals surface area contributed by atoms with E-state index < -0.39 is 12.0 Å². The summed E-state index contributed by atoms with van der Waals surface area (Å²) < 4.78 is 5.32. The minimum Gasteiger partial charge on any atom is -0.480 e. The van der Waals surface area contributed by atoms with Gasteiger partial charge in [0.05, 0.1) is 12.6 Å². The molecule has 6 nitrogen and oxygen atoms in total. The average Bonchev–Trinajstić information content (AvgIpc) is 2.46. The van der Waals surface area contributed by atoms with E-state index in [9.17, 15) is 9.59 Å². The number of benzene rings is 1. The van der Waals surface area contributed by atoms with Gasteiger partial charge >= 0.3 is 12.0 Å². The fourth-order valence-corrected chi connectivity index (χ4v) is 2.25. The first-order chi connectivity index (χ1) is 10.1. The normalized spacial score (nSPS) is 18.0. The highest BCUT2D eigenvalue weighted by atomic mass is 16.5. The first kappa shape index (κ1) is 15.3. The van der Waals surface area contributed by atoms with Crippen LogP contribution in [0.25, 0.3) is 0 Å². The van der Waals surface area contributed by atoms with Gasteiger partial charge in [-0.3, -0.25) is 9.69 Å². The molecule has 1 atom stereocenters. The molecule has 21 heavy (non-hydrogen) atoms. The summed E-state index contributed by atoms with van der Waals surface area (Å²) in [6.45, 7) is 2.75. The maximum atomic E-state index is 12.3. The van der Waals surface area contributed by atoms with Crippen LogP contribution in [0.15, 0.2) is 24.3 Å². The number of rotatable bonds is 4. The summed E-state index contributed by atoms with van der Waals surface area (Å²) >= 11 is 0. The van der Waals surface area contributed by atoms with E-state index >= 15 is 0 Å². The Morgan fingerprint density at radius 3 is 2.67 bits per heavy atom. The zero-order valence-electron chi connectivity index (χ0n) is 12.0. The van der Waals surface area contributed by atoms with Crippen LogP contribution in [0.2, 0.25) is 0 Å². The van der Waals surface area contributed by atoms with Gasteiger partial charge in [0.25, 0.3) is 0 Å². The Balaban J connectivity index is 2.08. The van der Waals surface area contributed by atoms with E-state index in [4.69, 9.17) is 9.84 Å². The van der Waals surface area contributed by atoms with Crippen LogP contribution < -0.4 is 10.2 Å². The quantitative estimate of drug-likeness (QED) is 0.886. The van der Waals surface area contributed by atoms with Crippen LogP contribution >= 0.6 is 0 Å². The number of aryl methyl sites for hydroxylation is 1. The predicted octanol–water partition coefficient (Wildman–Crippen LogP) is 1.77. The van der Waals surface area contributed by atoms with Crippen molar-refractivity contribution >= 4 is 17.7 Å². The van der Waals surface area contributed by atoms with Gasteiger partial charge in [0.1, 0.15) is 6.54 Å². The highest BCUT2D eigenvalue weighted by Gasteiger charge is 2.23. The molecule has 1 aliphatic heterocycles. The number of hydrogen-bond acceptors (Lipinski definition) is 3. The van der Waals surface area contributed by atoms with Crippen molar-refractivity contribution < 1.29 is 19.4 Å². The van der Waals surface area contributed by atoms with Gasteiger partial charge in [-0.1, -0.05) is 17.7 Å². The number of ether oxygens (including phenoxy) is 1. The summed E-state index contributed by atoms with van der Waals surface area (Å²) in [6, 6.07) is 6.72. The van der Waals surface area contributed by atoms with E-state index in [-0.39, 0.29) is 12.6 Å². The van der Waals surface area contributed by atoms with Crippen LogP contribution in [0.5, 0.6) is 0 Å². The summed E-state index contributed by atoms with van der Waals surface area (Å²) in [6.07, 6.45) is 1.74. The van der Waals surface area contributed by atoms with Gasteiger partial charge in [0.2, 0.25) is 0 Å². The molecule has 0 aromatic heterocycles. The minimum atomic E-state index is -1.05. The number of amides is 2. The van der Waals surface area contributed by atoms with Crippen LogP contribution in [0.1, 0.15) is 18.4 Å². The van der Waals surface area contributed by atoms with E-state index in [1.807, 2.05) is 19.1 Å². The van der Waals surface area contributed by atoms with Crippen molar-refractivity contribution in [3.8, 4) is 0 Å². The third-order valence-corrected chi connectivity index (χ3v) is 3.37. The summed E-state index contributed by atoms with van der Waals surface area (Å²) in [5.74, 6) is -1.05. The molecule has 0 aliphatic carbocycles. The van der Waals surface area contributed by atoms with Crippen molar-refractivity contribution in [1.82, 2.24) is 5.32 Å². The molecule has 0 radical (unpaired) electrons. The molecule has 1 fully saturated rings. The standard InChI is InChI=1S/C15H20N2O4/c1-11-4-6-13(7-5-11)17(9-14(18)19)15(20)16-12-3-2-8-21-10-12/h4-7,12H,2-3,8-10H2,1H3,(H,16,20)(H,18,19). The fraction of sp³-hybridized carbons (Fsp3) is 0.467. The lowest BCUT2D eigenvalue weighted by atomic mass is 10.1. The molecule has 1 saturated heterocycles. The third-order valence-electron chi connectivity index (χ3n) is 3.37. The first-order valence-electron chi connectivity index (χ1n) is 7.00. The van der Waals surface area contributed by atoms with Crippen molar-refractivity contribution in [2.24, 2.45) is 0 Å². The Morgan fingerprint density at radius 2 is 2.10 bits per heavy atom. The molecule has 2 rings (SSSR count). The largest absolute Gasteiger partial charge is 0.480 e. The molecule has 1 aromatic carbocycles. The Bertz CT molecular complexity index is 495. The number of carbonyl (C=O) groups excluding carboxylic acids is 1. The number of aliphatic carboxylic acids is 1. The molecule has 114 valence electrons. The molecule has 1 unspecified atom stereocenters. The van der Waals surface area contributed by atoms with Gasteiger partial charge in [0.15, 0.2) is 0 Å². The van der Waals surface area contributed by atoms with Gasteiger partial charge in [-0.15, -0.1) is 0 Å². The maximum Gasteiger partial charge on any atom is 0.323 e. The number of carboxylic acids is 1. The molecule has 6 heteroatoms. The van der Waals surface area contributed by atoms with Gasteiger partial charge in [0, 0.05) is 12.3 Å². The number of nitrogens with zero attached hydrogens (tertiary/aromatic N) is 1. The van der Waals surface area contributed by atoms with Gasteiger partial charge in [-0.25, -0.2) is 4.79 Å². The number of anilines is 1. The van der Waals surface area contributed by atoms with Crippen molar-refractivity contribution in [3.63, 3.8) is 0 Å². The Hall–Kier alpha value is -2.08. The fourth-order valence-electron chi connectivity index (χ4n) is 2.25. The second kappa shape index (κ2) is 7.08. The number of carboxylic acid groups (broad SMARTS) is 1. The van der Waals surface area contributed by atoms with Crippen LogP contribution in [0.3, 0.4) is 0 Å². The second-order valence-electron chi connectivity index (χ2n) is 5.18. The molecule has 1 aliphatic rings. The van der Waals surface area contributed by atoms with Gasteiger partial charge in [-0.2, -0.15) is 0 Å². The minimum absolute atomic E-state index is 0.0620. The lowest BCUT2D eigenvalue weighted by Gasteiger charge is -2.27. The third kappa shape index (κ3) is 4.46. The topological polar surface area (TPSA) is 78.9 Å².